The lowest BCUT2D eigenvalue weighted by Crippen LogP contribution is -2.49. The molecule has 1 saturated carbocycles. The van der Waals surface area contributed by atoms with Crippen molar-refractivity contribution in [2.24, 2.45) is 5.92 Å². The molecule has 3 aliphatic rings. The Morgan fingerprint density at radius 2 is 2.04 bits per heavy atom. The number of carbonyl (C=O) groups excluding carboxylic acids is 1. The standard InChI is InChI=1S/C22H27N3O2S/c23-20-7-3-6-17(24-20)19-14-16-18(28-19)8-13-27-22(16)9-11-25(12-10-22)21(26)15-4-1-2-5-15/h3,6-7,14-15H,1-2,4-5,8-13H2,(H2,23,24). The van der Waals surface area contributed by atoms with E-state index in [4.69, 9.17) is 10.5 Å². The number of pyridine rings is 1. The van der Waals surface area contributed by atoms with Gasteiger partial charge in [0.1, 0.15) is 5.82 Å². The molecule has 28 heavy (non-hydrogen) atoms. The van der Waals surface area contributed by atoms with E-state index in [1.807, 2.05) is 29.5 Å². The molecule has 0 radical (unpaired) electrons. The van der Waals surface area contributed by atoms with Crippen molar-refractivity contribution in [2.75, 3.05) is 25.4 Å². The monoisotopic (exact) mass is 397 g/mol. The van der Waals surface area contributed by atoms with Gasteiger partial charge in [-0.05, 0) is 49.4 Å². The van der Waals surface area contributed by atoms with Gasteiger partial charge in [0.2, 0.25) is 5.91 Å². The van der Waals surface area contributed by atoms with E-state index in [1.165, 1.54) is 23.3 Å². The molecular formula is C22H27N3O2S. The quantitative estimate of drug-likeness (QED) is 0.832. The maximum Gasteiger partial charge on any atom is 0.225 e. The normalized spacial score (nSPS) is 21.8. The van der Waals surface area contributed by atoms with Gasteiger partial charge in [0.05, 0.1) is 22.8 Å². The molecule has 5 rings (SSSR count). The fourth-order valence-electron chi connectivity index (χ4n) is 5.06. The van der Waals surface area contributed by atoms with Gasteiger partial charge in [-0.15, -0.1) is 11.3 Å². The van der Waals surface area contributed by atoms with E-state index in [1.54, 1.807) is 0 Å². The Hall–Kier alpha value is -1.92. The molecule has 2 aromatic rings. The Labute approximate surface area is 169 Å². The first-order valence-corrected chi connectivity index (χ1v) is 11.3. The molecule has 0 atom stereocenters. The molecule has 1 saturated heterocycles. The number of aromatic nitrogens is 1. The van der Waals surface area contributed by atoms with E-state index < -0.39 is 0 Å². The fourth-order valence-corrected chi connectivity index (χ4v) is 6.27. The van der Waals surface area contributed by atoms with Crippen molar-refractivity contribution in [1.29, 1.82) is 0 Å². The van der Waals surface area contributed by atoms with Crippen LogP contribution in [0.15, 0.2) is 24.3 Å². The third-order valence-electron chi connectivity index (χ3n) is 6.62. The molecule has 2 aliphatic heterocycles. The van der Waals surface area contributed by atoms with Crippen LogP contribution < -0.4 is 5.73 Å². The van der Waals surface area contributed by atoms with Gasteiger partial charge >= 0.3 is 0 Å². The van der Waals surface area contributed by atoms with Gasteiger partial charge in [0.15, 0.2) is 0 Å². The molecule has 2 N–H and O–H groups in total. The van der Waals surface area contributed by atoms with E-state index in [0.29, 0.717) is 11.7 Å². The van der Waals surface area contributed by atoms with Crippen LogP contribution in [0.3, 0.4) is 0 Å². The van der Waals surface area contributed by atoms with Crippen LogP contribution in [0, 0.1) is 5.92 Å². The van der Waals surface area contributed by atoms with Crippen LogP contribution in [0.2, 0.25) is 0 Å². The number of amides is 1. The topological polar surface area (TPSA) is 68.5 Å². The average molecular weight is 398 g/mol. The summed E-state index contributed by atoms with van der Waals surface area (Å²) < 4.78 is 6.38. The molecule has 2 aromatic heterocycles. The second kappa shape index (κ2) is 7.16. The predicted octanol–water partition coefficient (Wildman–Crippen LogP) is 3.97. The predicted molar refractivity (Wildman–Crippen MR) is 111 cm³/mol. The van der Waals surface area contributed by atoms with Gasteiger partial charge in [-0.1, -0.05) is 18.9 Å². The number of likely N-dealkylation sites (tertiary alicyclic amines) is 1. The van der Waals surface area contributed by atoms with E-state index >= 15 is 0 Å². The lowest BCUT2D eigenvalue weighted by atomic mass is 9.82. The maximum absolute atomic E-state index is 12.8. The van der Waals surface area contributed by atoms with E-state index in [-0.39, 0.29) is 11.5 Å². The zero-order valence-electron chi connectivity index (χ0n) is 16.2. The van der Waals surface area contributed by atoms with E-state index in [0.717, 1.165) is 62.4 Å². The number of nitrogen functional groups attached to an aromatic ring is 1. The SMILES string of the molecule is Nc1cccc(-c2cc3c(s2)CCOC32CCN(C(=O)C3CCCC3)CC2)n1. The highest BCUT2D eigenvalue weighted by Crippen LogP contribution is 2.46. The van der Waals surface area contributed by atoms with Crippen LogP contribution >= 0.6 is 11.3 Å². The van der Waals surface area contributed by atoms with Gasteiger partial charge in [0, 0.05) is 30.3 Å². The maximum atomic E-state index is 12.8. The second-order valence-corrected chi connectivity index (χ2v) is 9.43. The van der Waals surface area contributed by atoms with Gasteiger partial charge < -0.3 is 15.4 Å². The van der Waals surface area contributed by atoms with Crippen LogP contribution in [0.4, 0.5) is 5.82 Å². The lowest BCUT2D eigenvalue weighted by Gasteiger charge is -2.44. The summed E-state index contributed by atoms with van der Waals surface area (Å²) in [4.78, 5) is 22.0. The molecular weight excluding hydrogens is 370 g/mol. The minimum absolute atomic E-state index is 0.241. The molecule has 1 aliphatic carbocycles. The number of carbonyl (C=O) groups is 1. The summed E-state index contributed by atoms with van der Waals surface area (Å²) in [5, 5.41) is 0. The van der Waals surface area contributed by atoms with Gasteiger partial charge in [-0.2, -0.15) is 0 Å². The molecule has 2 fully saturated rings. The summed E-state index contributed by atoms with van der Waals surface area (Å²) in [5.41, 5.74) is 7.89. The minimum atomic E-state index is -0.241. The Bertz CT molecular complexity index is 880. The van der Waals surface area contributed by atoms with E-state index in [2.05, 4.69) is 16.0 Å². The zero-order chi connectivity index (χ0) is 19.1. The first-order valence-electron chi connectivity index (χ1n) is 10.4. The Morgan fingerprint density at radius 3 is 2.79 bits per heavy atom. The molecule has 0 aromatic carbocycles. The molecule has 4 heterocycles. The Kier molecular flexibility index (Phi) is 4.63. The molecule has 148 valence electrons. The highest BCUT2D eigenvalue weighted by Gasteiger charge is 2.43. The van der Waals surface area contributed by atoms with Crippen molar-refractivity contribution in [1.82, 2.24) is 9.88 Å². The summed E-state index contributed by atoms with van der Waals surface area (Å²) in [6.45, 7) is 2.36. The molecule has 1 spiro atoms. The number of hydrogen-bond donors (Lipinski definition) is 1. The number of thiophene rings is 1. The minimum Gasteiger partial charge on any atom is -0.384 e. The number of nitrogens with zero attached hydrogens (tertiary/aromatic N) is 2. The highest BCUT2D eigenvalue weighted by atomic mass is 32.1. The van der Waals surface area contributed by atoms with Crippen LogP contribution in [0.25, 0.3) is 10.6 Å². The summed E-state index contributed by atoms with van der Waals surface area (Å²) >= 11 is 1.81. The number of anilines is 1. The third kappa shape index (κ3) is 3.12. The summed E-state index contributed by atoms with van der Waals surface area (Å²) in [6.07, 6.45) is 7.28. The number of nitrogens with two attached hydrogens (primary N) is 1. The first-order chi connectivity index (χ1) is 13.6. The average Bonchev–Trinajstić information content (AvgIpc) is 3.39. The third-order valence-corrected chi connectivity index (χ3v) is 7.83. The summed E-state index contributed by atoms with van der Waals surface area (Å²) in [6, 6.07) is 8.05. The summed E-state index contributed by atoms with van der Waals surface area (Å²) in [5.74, 6) is 1.19. The number of ether oxygens (including phenoxy) is 1. The van der Waals surface area contributed by atoms with Crippen LogP contribution in [0.1, 0.15) is 49.0 Å². The second-order valence-electron chi connectivity index (χ2n) is 8.29. The van der Waals surface area contributed by atoms with Crippen molar-refractivity contribution < 1.29 is 9.53 Å². The van der Waals surface area contributed by atoms with Crippen molar-refractivity contribution in [3.8, 4) is 10.6 Å². The molecule has 6 heteroatoms. The Balaban J connectivity index is 1.37. The van der Waals surface area contributed by atoms with E-state index in [9.17, 15) is 4.79 Å². The highest BCUT2D eigenvalue weighted by molar-refractivity contribution is 7.15. The zero-order valence-corrected chi connectivity index (χ0v) is 17.0. The smallest absolute Gasteiger partial charge is 0.225 e. The van der Waals surface area contributed by atoms with Gasteiger partial charge in [0.25, 0.3) is 0 Å². The summed E-state index contributed by atoms with van der Waals surface area (Å²) in [7, 11) is 0. The number of hydrogen-bond acceptors (Lipinski definition) is 5. The fraction of sp³-hybridized carbons (Fsp3) is 0.545. The Morgan fingerprint density at radius 1 is 1.25 bits per heavy atom. The van der Waals surface area contributed by atoms with Crippen molar-refractivity contribution in [3.63, 3.8) is 0 Å². The molecule has 0 bridgehead atoms. The van der Waals surface area contributed by atoms with Crippen LogP contribution in [-0.2, 0) is 21.6 Å². The molecule has 0 unspecified atom stereocenters. The number of piperidine rings is 1. The molecule has 5 nitrogen and oxygen atoms in total. The van der Waals surface area contributed by atoms with Crippen molar-refractivity contribution in [2.45, 2.75) is 50.5 Å². The number of rotatable bonds is 2. The number of fused-ring (bicyclic) bond motifs is 2. The van der Waals surface area contributed by atoms with Gasteiger partial charge in [-0.25, -0.2) is 4.98 Å². The lowest BCUT2D eigenvalue weighted by molar-refractivity contribution is -0.144. The molecule has 1 amide bonds. The first kappa shape index (κ1) is 18.1. The van der Waals surface area contributed by atoms with Crippen molar-refractivity contribution >= 4 is 23.1 Å². The van der Waals surface area contributed by atoms with Crippen LogP contribution in [0.5, 0.6) is 0 Å². The van der Waals surface area contributed by atoms with Crippen molar-refractivity contribution in [3.05, 3.63) is 34.7 Å². The largest absolute Gasteiger partial charge is 0.384 e. The van der Waals surface area contributed by atoms with Crippen LogP contribution in [-0.4, -0.2) is 35.5 Å². The van der Waals surface area contributed by atoms with Gasteiger partial charge in [-0.3, -0.25) is 4.79 Å².